The third kappa shape index (κ3) is 2.59. The fourth-order valence-corrected chi connectivity index (χ4v) is 3.39. The molecule has 3 heterocycles. The molecule has 1 amide bonds. The van der Waals surface area contributed by atoms with Gasteiger partial charge in [0, 0.05) is 32.0 Å². The van der Waals surface area contributed by atoms with Crippen molar-refractivity contribution in [2.45, 2.75) is 25.5 Å². The van der Waals surface area contributed by atoms with Crippen LogP contribution in [0.4, 0.5) is 5.82 Å². The topological polar surface area (TPSA) is 117 Å². The molecular weight excluding hydrogens is 322 g/mol. The summed E-state index contributed by atoms with van der Waals surface area (Å²) in [5.41, 5.74) is 6.23. The van der Waals surface area contributed by atoms with E-state index in [2.05, 4.69) is 10.5 Å². The Hall–Kier alpha value is -3.03. The monoisotopic (exact) mass is 341 g/mol. The third-order valence-corrected chi connectivity index (χ3v) is 4.77. The second-order valence-electron chi connectivity index (χ2n) is 6.45. The minimum atomic E-state index is -0.693. The van der Waals surface area contributed by atoms with Crippen LogP contribution >= 0.6 is 0 Å². The molecule has 8 heteroatoms. The van der Waals surface area contributed by atoms with E-state index < -0.39 is 5.72 Å². The molecule has 1 aromatic carbocycles. The Bertz CT molecular complexity index is 852. The number of carbonyl (C=O) groups excluding carboxylic acids is 1. The fraction of sp³-hybridized carbons (Fsp3) is 0.353. The quantitative estimate of drug-likeness (QED) is 0.561. The van der Waals surface area contributed by atoms with Gasteiger partial charge in [-0.1, -0.05) is 17.3 Å². The van der Waals surface area contributed by atoms with Crippen molar-refractivity contribution in [3.05, 3.63) is 41.2 Å². The summed E-state index contributed by atoms with van der Waals surface area (Å²) in [6.45, 7) is 3.19. The average Bonchev–Trinajstić information content (AvgIpc) is 3.05. The molecule has 25 heavy (non-hydrogen) atoms. The number of aromatic nitrogens is 1. The number of rotatable bonds is 2. The van der Waals surface area contributed by atoms with Gasteiger partial charge in [-0.25, -0.2) is 0 Å². The minimum Gasteiger partial charge on any atom is -0.467 e. The van der Waals surface area contributed by atoms with Gasteiger partial charge in [0.1, 0.15) is 5.75 Å². The Balaban J connectivity index is 1.51. The van der Waals surface area contributed by atoms with Crippen molar-refractivity contribution in [3.8, 4) is 5.75 Å². The lowest BCUT2D eigenvalue weighted by atomic mass is 9.95. The number of piperidine rings is 1. The molecule has 0 bridgehead atoms. The van der Waals surface area contributed by atoms with Gasteiger partial charge in [0.25, 0.3) is 5.91 Å². The normalized spacial score (nSPS) is 18.4. The van der Waals surface area contributed by atoms with Crippen molar-refractivity contribution in [1.29, 1.82) is 5.41 Å². The van der Waals surface area contributed by atoms with Crippen molar-refractivity contribution < 1.29 is 14.1 Å². The van der Waals surface area contributed by atoms with E-state index in [1.54, 1.807) is 6.07 Å². The highest BCUT2D eigenvalue weighted by Gasteiger charge is 2.43. The third-order valence-electron chi connectivity index (χ3n) is 4.77. The van der Waals surface area contributed by atoms with Gasteiger partial charge in [0.15, 0.2) is 17.4 Å². The standard InChI is InChI=1S/C17H19N5O3/c1-10-3-2-4-11-14(10)16(23)20-17(24-11)5-7-22(8-6-17)13-9-12(15(18)19)25-21-13/h2-4,9H,5-8H2,1H3,(H3,18,19)(H,20,23). The van der Waals surface area contributed by atoms with E-state index >= 15 is 0 Å². The number of fused-ring (bicyclic) bond motifs is 1. The maximum atomic E-state index is 12.5. The lowest BCUT2D eigenvalue weighted by molar-refractivity contribution is 0.000555. The molecule has 1 saturated heterocycles. The summed E-state index contributed by atoms with van der Waals surface area (Å²) in [5, 5.41) is 14.4. The first-order valence-electron chi connectivity index (χ1n) is 8.15. The number of aryl methyl sites for hydroxylation is 1. The van der Waals surface area contributed by atoms with E-state index in [0.717, 1.165) is 5.56 Å². The van der Waals surface area contributed by atoms with Gasteiger partial charge in [-0.05, 0) is 18.6 Å². The van der Waals surface area contributed by atoms with Crippen LogP contribution in [0.5, 0.6) is 5.75 Å². The first kappa shape index (κ1) is 15.5. The first-order chi connectivity index (χ1) is 12.0. The average molecular weight is 341 g/mol. The first-order valence-corrected chi connectivity index (χ1v) is 8.15. The highest BCUT2D eigenvalue weighted by atomic mass is 16.5. The van der Waals surface area contributed by atoms with Crippen LogP contribution in [0.1, 0.15) is 34.5 Å². The number of hydrogen-bond acceptors (Lipinski definition) is 6. The van der Waals surface area contributed by atoms with Crippen LogP contribution in [-0.4, -0.2) is 35.7 Å². The molecule has 2 aliphatic rings. The van der Waals surface area contributed by atoms with E-state index in [-0.39, 0.29) is 17.5 Å². The van der Waals surface area contributed by atoms with E-state index in [9.17, 15) is 4.79 Å². The largest absolute Gasteiger partial charge is 0.467 e. The van der Waals surface area contributed by atoms with E-state index in [1.807, 2.05) is 30.0 Å². The van der Waals surface area contributed by atoms with Crippen LogP contribution in [0, 0.1) is 12.3 Å². The molecule has 8 nitrogen and oxygen atoms in total. The molecule has 0 saturated carbocycles. The van der Waals surface area contributed by atoms with Crippen LogP contribution < -0.4 is 20.7 Å². The zero-order valence-electron chi connectivity index (χ0n) is 13.8. The number of nitrogens with one attached hydrogen (secondary N) is 2. The molecule has 2 aliphatic heterocycles. The number of benzene rings is 1. The highest BCUT2D eigenvalue weighted by molar-refractivity contribution is 5.99. The number of ether oxygens (including phenoxy) is 1. The summed E-state index contributed by atoms with van der Waals surface area (Å²) in [6.07, 6.45) is 1.24. The number of carbonyl (C=O) groups is 1. The predicted molar refractivity (Wildman–Crippen MR) is 91.0 cm³/mol. The van der Waals surface area contributed by atoms with Gasteiger partial charge in [-0.3, -0.25) is 10.2 Å². The van der Waals surface area contributed by atoms with Crippen molar-refractivity contribution in [2.24, 2.45) is 5.73 Å². The van der Waals surface area contributed by atoms with Crippen molar-refractivity contribution in [2.75, 3.05) is 18.0 Å². The number of nitrogens with two attached hydrogens (primary N) is 1. The zero-order chi connectivity index (χ0) is 17.6. The molecule has 0 unspecified atom stereocenters. The smallest absolute Gasteiger partial charge is 0.258 e. The maximum absolute atomic E-state index is 12.5. The number of anilines is 1. The number of hydrogen-bond donors (Lipinski definition) is 3. The number of amides is 1. The summed E-state index contributed by atoms with van der Waals surface area (Å²) < 4.78 is 11.2. The molecule has 1 aromatic heterocycles. The minimum absolute atomic E-state index is 0.0897. The molecule has 0 atom stereocenters. The van der Waals surface area contributed by atoms with E-state index in [1.165, 1.54) is 0 Å². The van der Waals surface area contributed by atoms with Gasteiger partial charge in [-0.2, -0.15) is 0 Å². The Morgan fingerprint density at radius 1 is 1.40 bits per heavy atom. The molecule has 0 radical (unpaired) electrons. The van der Waals surface area contributed by atoms with Crippen molar-refractivity contribution in [1.82, 2.24) is 10.5 Å². The van der Waals surface area contributed by atoms with Crippen LogP contribution in [-0.2, 0) is 0 Å². The molecule has 4 rings (SSSR count). The van der Waals surface area contributed by atoms with Crippen LogP contribution in [0.25, 0.3) is 0 Å². The predicted octanol–water partition coefficient (Wildman–Crippen LogP) is 1.39. The number of amidine groups is 1. The molecule has 2 aromatic rings. The second kappa shape index (κ2) is 5.51. The van der Waals surface area contributed by atoms with Gasteiger partial charge >= 0.3 is 0 Å². The maximum Gasteiger partial charge on any atom is 0.258 e. The van der Waals surface area contributed by atoms with Crippen LogP contribution in [0.2, 0.25) is 0 Å². The van der Waals surface area contributed by atoms with Crippen molar-refractivity contribution >= 4 is 17.6 Å². The zero-order valence-corrected chi connectivity index (χ0v) is 13.8. The summed E-state index contributed by atoms with van der Waals surface area (Å²) in [6, 6.07) is 7.29. The molecule has 130 valence electrons. The van der Waals surface area contributed by atoms with Crippen LogP contribution in [0.3, 0.4) is 0 Å². The molecule has 0 aliphatic carbocycles. The Morgan fingerprint density at radius 2 is 2.16 bits per heavy atom. The lowest BCUT2D eigenvalue weighted by Crippen LogP contribution is -2.61. The molecular formula is C17H19N5O3. The van der Waals surface area contributed by atoms with Crippen molar-refractivity contribution in [3.63, 3.8) is 0 Å². The Kier molecular flexibility index (Phi) is 3.41. The van der Waals surface area contributed by atoms with Gasteiger partial charge in [0.05, 0.1) is 5.56 Å². The second-order valence-corrected chi connectivity index (χ2v) is 6.45. The lowest BCUT2D eigenvalue weighted by Gasteiger charge is -2.44. The summed E-state index contributed by atoms with van der Waals surface area (Å²) in [4.78, 5) is 14.6. The summed E-state index contributed by atoms with van der Waals surface area (Å²) >= 11 is 0. The van der Waals surface area contributed by atoms with E-state index in [0.29, 0.717) is 43.1 Å². The number of nitrogens with zero attached hydrogens (tertiary/aromatic N) is 2. The highest BCUT2D eigenvalue weighted by Crippen LogP contribution is 2.35. The summed E-state index contributed by atoms with van der Waals surface area (Å²) in [7, 11) is 0. The van der Waals surface area contributed by atoms with Gasteiger partial charge < -0.3 is 25.2 Å². The molecule has 1 fully saturated rings. The van der Waals surface area contributed by atoms with E-state index in [4.69, 9.17) is 20.4 Å². The van der Waals surface area contributed by atoms with Gasteiger partial charge in [-0.15, -0.1) is 0 Å². The number of nitrogen functional groups attached to an aromatic ring is 1. The molecule has 4 N–H and O–H groups in total. The molecule has 1 spiro atoms. The SMILES string of the molecule is Cc1cccc2c1C(=O)NC1(CCN(c3cc(C(=N)N)on3)CC1)O2. The van der Waals surface area contributed by atoms with Gasteiger partial charge in [0.2, 0.25) is 5.76 Å². The Labute approximate surface area is 144 Å². The van der Waals surface area contributed by atoms with Crippen LogP contribution in [0.15, 0.2) is 28.8 Å². The summed E-state index contributed by atoms with van der Waals surface area (Å²) in [5.74, 6) is 1.29. The fourth-order valence-electron chi connectivity index (χ4n) is 3.39. The Morgan fingerprint density at radius 3 is 2.84 bits per heavy atom.